The largest absolute Gasteiger partial charge is 0.306 e. The molecular weight excluding hydrogens is 420 g/mol. The molecule has 2 aromatic heterocycles. The predicted molar refractivity (Wildman–Crippen MR) is 118 cm³/mol. The van der Waals surface area contributed by atoms with Gasteiger partial charge in [0.25, 0.3) is 0 Å². The SMILES string of the molecule is Cc1cccn2cc(-c3ccc(CC(=O)c4ccc(S(C)(=O)=O)cc4Cl)cc3)nc12. The van der Waals surface area contributed by atoms with E-state index in [0.29, 0.717) is 5.56 Å². The minimum Gasteiger partial charge on any atom is -0.306 e. The lowest BCUT2D eigenvalue weighted by molar-refractivity contribution is 0.0993. The second-order valence-electron chi connectivity index (χ2n) is 7.26. The van der Waals surface area contributed by atoms with Gasteiger partial charge < -0.3 is 4.40 Å². The van der Waals surface area contributed by atoms with Gasteiger partial charge in [-0.05, 0) is 42.3 Å². The third-order valence-electron chi connectivity index (χ3n) is 4.96. The summed E-state index contributed by atoms with van der Waals surface area (Å²) in [6.45, 7) is 2.02. The number of aryl methyl sites for hydroxylation is 1. The quantitative estimate of drug-likeness (QED) is 0.420. The molecule has 0 amide bonds. The minimum absolute atomic E-state index is 0.0936. The topological polar surface area (TPSA) is 68.5 Å². The number of carbonyl (C=O) groups is 1. The minimum atomic E-state index is -3.37. The van der Waals surface area contributed by atoms with Gasteiger partial charge in [0.15, 0.2) is 15.6 Å². The Labute approximate surface area is 179 Å². The Bertz CT molecular complexity index is 1370. The van der Waals surface area contributed by atoms with Crippen molar-refractivity contribution in [3.63, 3.8) is 0 Å². The van der Waals surface area contributed by atoms with E-state index in [-0.39, 0.29) is 22.1 Å². The normalized spacial score (nSPS) is 11.7. The molecule has 4 aromatic rings. The van der Waals surface area contributed by atoms with Gasteiger partial charge in [-0.2, -0.15) is 0 Å². The Balaban J connectivity index is 1.54. The van der Waals surface area contributed by atoms with Gasteiger partial charge in [0.2, 0.25) is 0 Å². The van der Waals surface area contributed by atoms with Crippen LogP contribution in [-0.2, 0) is 16.3 Å². The molecular formula is C23H19ClN2O3S. The Hall–Kier alpha value is -2.96. The summed E-state index contributed by atoms with van der Waals surface area (Å²) in [6, 6.07) is 15.9. The molecule has 0 unspecified atom stereocenters. The van der Waals surface area contributed by atoms with Crippen LogP contribution in [0.4, 0.5) is 0 Å². The van der Waals surface area contributed by atoms with E-state index >= 15 is 0 Å². The molecule has 0 aliphatic heterocycles. The number of rotatable bonds is 5. The van der Waals surface area contributed by atoms with Crippen LogP contribution >= 0.6 is 11.6 Å². The lowest BCUT2D eigenvalue weighted by atomic mass is 10.0. The Morgan fingerprint density at radius 3 is 2.47 bits per heavy atom. The first kappa shape index (κ1) is 20.3. The summed E-state index contributed by atoms with van der Waals surface area (Å²) >= 11 is 6.16. The lowest BCUT2D eigenvalue weighted by Crippen LogP contribution is -2.06. The first-order valence-corrected chi connectivity index (χ1v) is 11.6. The molecule has 0 radical (unpaired) electrons. The lowest BCUT2D eigenvalue weighted by Gasteiger charge is -2.06. The highest BCUT2D eigenvalue weighted by atomic mass is 35.5. The highest BCUT2D eigenvalue weighted by molar-refractivity contribution is 7.90. The number of hydrogen-bond donors (Lipinski definition) is 0. The zero-order valence-corrected chi connectivity index (χ0v) is 18.0. The molecule has 0 aliphatic carbocycles. The van der Waals surface area contributed by atoms with Crippen molar-refractivity contribution >= 4 is 32.9 Å². The van der Waals surface area contributed by atoms with Gasteiger partial charge in [-0.25, -0.2) is 13.4 Å². The second kappa shape index (κ2) is 7.70. The zero-order chi connectivity index (χ0) is 21.5. The summed E-state index contributed by atoms with van der Waals surface area (Å²) in [5.41, 5.74) is 4.99. The molecule has 152 valence electrons. The Morgan fingerprint density at radius 2 is 1.83 bits per heavy atom. The molecule has 4 rings (SSSR count). The number of Topliss-reactive ketones (excluding diaryl/α,β-unsaturated/α-hetero) is 1. The van der Waals surface area contributed by atoms with Crippen molar-refractivity contribution in [2.45, 2.75) is 18.2 Å². The maximum atomic E-state index is 12.7. The van der Waals surface area contributed by atoms with Crippen molar-refractivity contribution in [2.75, 3.05) is 6.26 Å². The van der Waals surface area contributed by atoms with E-state index in [1.807, 2.05) is 60.1 Å². The highest BCUT2D eigenvalue weighted by Gasteiger charge is 2.15. The standard InChI is InChI=1S/C23H19ClN2O3S/c1-15-4-3-11-26-14-21(25-23(15)26)17-7-5-16(6-8-17)12-22(27)19-10-9-18(13-20(19)24)30(2,28)29/h3-11,13-14H,12H2,1-2H3. The fourth-order valence-electron chi connectivity index (χ4n) is 3.32. The molecule has 0 atom stereocenters. The number of benzene rings is 2. The van der Waals surface area contributed by atoms with Crippen LogP contribution in [0.15, 0.2) is 71.9 Å². The van der Waals surface area contributed by atoms with Crippen LogP contribution in [0.2, 0.25) is 5.02 Å². The van der Waals surface area contributed by atoms with E-state index < -0.39 is 9.84 Å². The van der Waals surface area contributed by atoms with Gasteiger partial charge in [-0.15, -0.1) is 0 Å². The number of fused-ring (bicyclic) bond motifs is 1. The Morgan fingerprint density at radius 1 is 1.10 bits per heavy atom. The fourth-order valence-corrected chi connectivity index (χ4v) is 4.32. The van der Waals surface area contributed by atoms with Crippen LogP contribution in [-0.4, -0.2) is 29.8 Å². The third kappa shape index (κ3) is 4.01. The van der Waals surface area contributed by atoms with Crippen molar-refractivity contribution < 1.29 is 13.2 Å². The molecule has 2 aromatic carbocycles. The van der Waals surface area contributed by atoms with Gasteiger partial charge in [-0.1, -0.05) is 41.9 Å². The van der Waals surface area contributed by atoms with E-state index in [4.69, 9.17) is 11.6 Å². The van der Waals surface area contributed by atoms with Crippen LogP contribution in [0.5, 0.6) is 0 Å². The summed E-state index contributed by atoms with van der Waals surface area (Å²) < 4.78 is 25.3. The number of aromatic nitrogens is 2. The smallest absolute Gasteiger partial charge is 0.175 e. The van der Waals surface area contributed by atoms with Crippen molar-refractivity contribution in [3.8, 4) is 11.3 Å². The molecule has 0 bridgehead atoms. The molecule has 0 fully saturated rings. The number of nitrogens with zero attached hydrogens (tertiary/aromatic N) is 2. The Kier molecular flexibility index (Phi) is 5.22. The van der Waals surface area contributed by atoms with E-state index in [9.17, 15) is 13.2 Å². The molecule has 7 heteroatoms. The summed E-state index contributed by atoms with van der Waals surface area (Å²) in [6.07, 6.45) is 5.21. The number of carbonyl (C=O) groups excluding carboxylic acids is 1. The average molecular weight is 439 g/mol. The van der Waals surface area contributed by atoms with Crippen molar-refractivity contribution in [1.82, 2.24) is 9.38 Å². The molecule has 0 spiro atoms. The van der Waals surface area contributed by atoms with Crippen LogP contribution in [0.25, 0.3) is 16.9 Å². The van der Waals surface area contributed by atoms with Crippen molar-refractivity contribution in [1.29, 1.82) is 0 Å². The van der Waals surface area contributed by atoms with Crippen LogP contribution < -0.4 is 0 Å². The van der Waals surface area contributed by atoms with Crippen LogP contribution in [0.1, 0.15) is 21.5 Å². The zero-order valence-electron chi connectivity index (χ0n) is 16.5. The van der Waals surface area contributed by atoms with E-state index in [1.54, 1.807) is 0 Å². The first-order chi connectivity index (χ1) is 14.2. The molecule has 30 heavy (non-hydrogen) atoms. The van der Waals surface area contributed by atoms with Crippen LogP contribution in [0.3, 0.4) is 0 Å². The van der Waals surface area contributed by atoms with Crippen LogP contribution in [0, 0.1) is 6.92 Å². The third-order valence-corrected chi connectivity index (χ3v) is 6.38. The number of imidazole rings is 1. The summed E-state index contributed by atoms with van der Waals surface area (Å²) in [4.78, 5) is 17.4. The maximum absolute atomic E-state index is 12.7. The average Bonchev–Trinajstić information content (AvgIpc) is 3.13. The van der Waals surface area contributed by atoms with E-state index in [2.05, 4.69) is 4.98 Å². The van der Waals surface area contributed by atoms with E-state index in [0.717, 1.165) is 34.3 Å². The molecule has 0 saturated carbocycles. The number of pyridine rings is 1. The van der Waals surface area contributed by atoms with Gasteiger partial charge in [0.05, 0.1) is 15.6 Å². The number of halogens is 1. The monoisotopic (exact) mass is 438 g/mol. The van der Waals surface area contributed by atoms with Gasteiger partial charge >= 0.3 is 0 Å². The molecule has 0 aliphatic rings. The van der Waals surface area contributed by atoms with Gasteiger partial charge in [-0.3, -0.25) is 4.79 Å². The molecule has 2 heterocycles. The fraction of sp³-hybridized carbons (Fsp3) is 0.130. The number of hydrogen-bond acceptors (Lipinski definition) is 4. The molecule has 5 nitrogen and oxygen atoms in total. The number of ketones is 1. The van der Waals surface area contributed by atoms with Crippen molar-refractivity contribution in [3.05, 3.63) is 88.7 Å². The maximum Gasteiger partial charge on any atom is 0.175 e. The number of sulfone groups is 1. The molecule has 0 saturated heterocycles. The van der Waals surface area contributed by atoms with Gasteiger partial charge in [0, 0.05) is 36.2 Å². The van der Waals surface area contributed by atoms with E-state index in [1.165, 1.54) is 18.2 Å². The summed E-state index contributed by atoms with van der Waals surface area (Å²) in [5.74, 6) is -0.170. The summed E-state index contributed by atoms with van der Waals surface area (Å²) in [5, 5.41) is 0.139. The predicted octanol–water partition coefficient (Wildman–Crippen LogP) is 4.79. The molecule has 0 N–H and O–H groups in total. The van der Waals surface area contributed by atoms with Crippen molar-refractivity contribution in [2.24, 2.45) is 0 Å². The first-order valence-electron chi connectivity index (χ1n) is 9.29. The second-order valence-corrected chi connectivity index (χ2v) is 9.68. The highest BCUT2D eigenvalue weighted by Crippen LogP contribution is 2.24. The van der Waals surface area contributed by atoms with Gasteiger partial charge in [0.1, 0.15) is 5.65 Å². The summed E-state index contributed by atoms with van der Waals surface area (Å²) in [7, 11) is -3.37.